The van der Waals surface area contributed by atoms with Crippen LogP contribution in [0.5, 0.6) is 5.75 Å². The summed E-state index contributed by atoms with van der Waals surface area (Å²) >= 11 is 0. The molecule has 1 aliphatic heterocycles. The van der Waals surface area contributed by atoms with Gasteiger partial charge in [0.05, 0.1) is 25.6 Å². The molecule has 0 saturated heterocycles. The Morgan fingerprint density at radius 1 is 1.11 bits per heavy atom. The van der Waals surface area contributed by atoms with Crippen molar-refractivity contribution < 1.29 is 18.7 Å². The van der Waals surface area contributed by atoms with Crippen molar-refractivity contribution >= 4 is 17.5 Å². The van der Waals surface area contributed by atoms with Crippen LogP contribution < -0.4 is 10.5 Å². The second-order valence-corrected chi connectivity index (χ2v) is 8.95. The Morgan fingerprint density at radius 2 is 1.86 bits per heavy atom. The quantitative estimate of drug-likeness (QED) is 0.511. The Balaban J connectivity index is 1.35. The Labute approximate surface area is 204 Å². The number of primary amides is 1. The SMILES string of the molecule is COc1ccc(C2=NN(C(=O)CN(Cc3ccc(C(N)=O)cc3)C3CC3)[C@H](c3ccco3)C2)cc1. The van der Waals surface area contributed by atoms with E-state index in [1.165, 1.54) is 0 Å². The van der Waals surface area contributed by atoms with Crippen molar-refractivity contribution in [3.63, 3.8) is 0 Å². The third kappa shape index (κ3) is 5.12. The number of hydrogen-bond donors (Lipinski definition) is 1. The third-order valence-electron chi connectivity index (χ3n) is 6.49. The monoisotopic (exact) mass is 472 g/mol. The number of rotatable bonds is 9. The molecular formula is C27H28N4O4. The van der Waals surface area contributed by atoms with Gasteiger partial charge in [-0.3, -0.25) is 14.5 Å². The molecule has 8 heteroatoms. The number of benzene rings is 2. The minimum atomic E-state index is -0.450. The van der Waals surface area contributed by atoms with E-state index in [4.69, 9.17) is 20.0 Å². The summed E-state index contributed by atoms with van der Waals surface area (Å²) in [6.45, 7) is 0.864. The number of hydrazone groups is 1. The van der Waals surface area contributed by atoms with E-state index < -0.39 is 5.91 Å². The zero-order chi connectivity index (χ0) is 24.4. The first-order chi connectivity index (χ1) is 17.0. The van der Waals surface area contributed by atoms with E-state index in [9.17, 15) is 9.59 Å². The molecular weight excluding hydrogens is 444 g/mol. The molecule has 2 heterocycles. The van der Waals surface area contributed by atoms with Gasteiger partial charge in [-0.25, -0.2) is 5.01 Å². The summed E-state index contributed by atoms with van der Waals surface area (Å²) in [5.74, 6) is 0.960. The van der Waals surface area contributed by atoms with Crippen LogP contribution in [0.15, 0.2) is 76.4 Å². The molecule has 2 aliphatic rings. The smallest absolute Gasteiger partial charge is 0.257 e. The van der Waals surface area contributed by atoms with Gasteiger partial charge in [-0.05, 0) is 72.5 Å². The lowest BCUT2D eigenvalue weighted by atomic mass is 10.0. The van der Waals surface area contributed by atoms with Crippen LogP contribution in [0.25, 0.3) is 0 Å². The van der Waals surface area contributed by atoms with Crippen LogP contribution in [0.4, 0.5) is 0 Å². The van der Waals surface area contributed by atoms with Gasteiger partial charge in [0.15, 0.2) is 0 Å². The van der Waals surface area contributed by atoms with Crippen LogP contribution in [0, 0.1) is 0 Å². The van der Waals surface area contributed by atoms with Crippen molar-refractivity contribution in [1.82, 2.24) is 9.91 Å². The highest BCUT2D eigenvalue weighted by molar-refractivity contribution is 6.03. The number of hydrogen-bond acceptors (Lipinski definition) is 6. The van der Waals surface area contributed by atoms with E-state index in [-0.39, 0.29) is 18.5 Å². The standard InChI is InChI=1S/C27H28N4O4/c1-34-22-12-8-19(9-13-22)23-15-24(25-3-2-14-35-25)31(29-23)26(32)17-30(21-10-11-21)16-18-4-6-20(7-5-18)27(28)33/h2-9,12-14,21,24H,10-11,15-17H2,1H3,(H2,28,33)/t24-/m0/s1. The molecule has 1 fully saturated rings. The number of furan rings is 1. The fraction of sp³-hybridized carbons (Fsp3) is 0.296. The van der Waals surface area contributed by atoms with E-state index in [1.54, 1.807) is 30.5 Å². The summed E-state index contributed by atoms with van der Waals surface area (Å²) in [6.07, 6.45) is 4.32. The average Bonchev–Trinajstić information content (AvgIpc) is 3.39. The number of nitrogens with zero attached hydrogens (tertiary/aromatic N) is 3. The van der Waals surface area contributed by atoms with Crippen LogP contribution >= 0.6 is 0 Å². The maximum atomic E-state index is 13.6. The zero-order valence-electron chi connectivity index (χ0n) is 19.6. The molecule has 35 heavy (non-hydrogen) atoms. The Morgan fingerprint density at radius 3 is 2.46 bits per heavy atom. The first-order valence-corrected chi connectivity index (χ1v) is 11.7. The summed E-state index contributed by atoms with van der Waals surface area (Å²) in [5.41, 5.74) is 8.64. The molecule has 1 aromatic heterocycles. The fourth-order valence-electron chi connectivity index (χ4n) is 4.41. The van der Waals surface area contributed by atoms with Crippen molar-refractivity contribution in [1.29, 1.82) is 0 Å². The van der Waals surface area contributed by atoms with Crippen molar-refractivity contribution in [3.8, 4) is 5.75 Å². The molecule has 1 atom stereocenters. The molecule has 2 N–H and O–H groups in total. The molecule has 0 spiro atoms. The van der Waals surface area contributed by atoms with E-state index >= 15 is 0 Å². The molecule has 0 unspecified atom stereocenters. The lowest BCUT2D eigenvalue weighted by Gasteiger charge is -2.26. The number of methoxy groups -OCH3 is 1. The maximum Gasteiger partial charge on any atom is 0.257 e. The molecule has 180 valence electrons. The average molecular weight is 473 g/mol. The number of carbonyl (C=O) groups is 2. The van der Waals surface area contributed by atoms with E-state index in [0.717, 1.165) is 35.4 Å². The highest BCUT2D eigenvalue weighted by Gasteiger charge is 2.37. The molecule has 1 aliphatic carbocycles. The largest absolute Gasteiger partial charge is 0.497 e. The fourth-order valence-corrected chi connectivity index (χ4v) is 4.41. The molecule has 5 rings (SSSR count). The highest BCUT2D eigenvalue weighted by atomic mass is 16.5. The van der Waals surface area contributed by atoms with E-state index in [2.05, 4.69) is 4.90 Å². The van der Waals surface area contributed by atoms with Crippen molar-refractivity contribution in [2.75, 3.05) is 13.7 Å². The summed E-state index contributed by atoms with van der Waals surface area (Å²) in [7, 11) is 1.63. The lowest BCUT2D eigenvalue weighted by molar-refractivity contribution is -0.134. The van der Waals surface area contributed by atoms with Gasteiger partial charge in [0.25, 0.3) is 5.91 Å². The first-order valence-electron chi connectivity index (χ1n) is 11.7. The Kier molecular flexibility index (Phi) is 6.37. The van der Waals surface area contributed by atoms with Gasteiger partial charge in [0, 0.05) is 24.6 Å². The highest BCUT2D eigenvalue weighted by Crippen LogP contribution is 2.34. The molecule has 3 aromatic rings. The summed E-state index contributed by atoms with van der Waals surface area (Å²) in [5, 5.41) is 6.32. The first kappa shape index (κ1) is 22.9. The second kappa shape index (κ2) is 9.76. The van der Waals surface area contributed by atoms with Crippen LogP contribution in [-0.4, -0.2) is 47.1 Å². The molecule has 2 aromatic carbocycles. The van der Waals surface area contributed by atoms with Crippen LogP contribution in [0.3, 0.4) is 0 Å². The number of amides is 2. The van der Waals surface area contributed by atoms with Crippen LogP contribution in [0.2, 0.25) is 0 Å². The molecule has 0 bridgehead atoms. The van der Waals surface area contributed by atoms with Crippen molar-refractivity contribution in [2.24, 2.45) is 10.8 Å². The predicted octanol–water partition coefficient (Wildman–Crippen LogP) is 3.73. The van der Waals surface area contributed by atoms with E-state index in [0.29, 0.717) is 30.3 Å². The van der Waals surface area contributed by atoms with Gasteiger partial charge in [-0.1, -0.05) is 12.1 Å². The third-order valence-corrected chi connectivity index (χ3v) is 6.49. The number of carbonyl (C=O) groups excluding carboxylic acids is 2. The van der Waals surface area contributed by atoms with Gasteiger partial charge in [-0.15, -0.1) is 0 Å². The maximum absolute atomic E-state index is 13.6. The van der Waals surface area contributed by atoms with E-state index in [1.807, 2.05) is 48.5 Å². The summed E-state index contributed by atoms with van der Waals surface area (Å²) in [4.78, 5) is 27.1. The number of ether oxygens (including phenoxy) is 1. The van der Waals surface area contributed by atoms with Crippen LogP contribution in [-0.2, 0) is 11.3 Å². The second-order valence-electron chi connectivity index (χ2n) is 8.95. The van der Waals surface area contributed by atoms with Crippen molar-refractivity contribution in [3.05, 3.63) is 89.4 Å². The Hall–Kier alpha value is -3.91. The van der Waals surface area contributed by atoms with Gasteiger partial charge in [-0.2, -0.15) is 5.10 Å². The number of nitrogens with two attached hydrogens (primary N) is 1. The summed E-state index contributed by atoms with van der Waals surface area (Å²) < 4.78 is 10.9. The summed E-state index contributed by atoms with van der Waals surface area (Å²) in [6, 6.07) is 18.7. The predicted molar refractivity (Wildman–Crippen MR) is 131 cm³/mol. The zero-order valence-corrected chi connectivity index (χ0v) is 19.6. The minimum absolute atomic E-state index is 0.0735. The van der Waals surface area contributed by atoms with Gasteiger partial charge >= 0.3 is 0 Å². The normalized spacial score (nSPS) is 17.5. The molecule has 2 amide bonds. The van der Waals surface area contributed by atoms with Crippen molar-refractivity contribution in [2.45, 2.75) is 37.9 Å². The minimum Gasteiger partial charge on any atom is -0.497 e. The topological polar surface area (TPSA) is 101 Å². The van der Waals surface area contributed by atoms with Crippen LogP contribution in [0.1, 0.15) is 52.5 Å². The molecule has 1 saturated carbocycles. The Bertz CT molecular complexity index is 1220. The molecule has 8 nitrogen and oxygen atoms in total. The lowest BCUT2D eigenvalue weighted by Crippen LogP contribution is -2.39. The van der Waals surface area contributed by atoms with Gasteiger partial charge in [0.1, 0.15) is 17.6 Å². The molecule has 0 radical (unpaired) electrons. The van der Waals surface area contributed by atoms with Gasteiger partial charge in [0.2, 0.25) is 5.91 Å². The van der Waals surface area contributed by atoms with Gasteiger partial charge < -0.3 is 14.9 Å².